The van der Waals surface area contributed by atoms with Crippen LogP contribution >= 0.6 is 23.2 Å². The second-order valence-corrected chi connectivity index (χ2v) is 5.39. The van der Waals surface area contributed by atoms with Crippen molar-refractivity contribution in [1.29, 1.82) is 0 Å². The van der Waals surface area contributed by atoms with Gasteiger partial charge in [0.05, 0.1) is 17.8 Å². The van der Waals surface area contributed by atoms with Gasteiger partial charge >= 0.3 is 0 Å². The van der Waals surface area contributed by atoms with E-state index >= 15 is 0 Å². The molecule has 0 radical (unpaired) electrons. The molecule has 1 N–H and O–H groups in total. The Morgan fingerprint density at radius 2 is 1.88 bits per heavy atom. The minimum atomic E-state index is -0.420. The van der Waals surface area contributed by atoms with Gasteiger partial charge in [-0.1, -0.05) is 41.4 Å². The smallest absolute Gasteiger partial charge is 0.277 e. The molecule has 0 atom stereocenters. The fourth-order valence-corrected chi connectivity index (χ4v) is 2.17. The summed E-state index contributed by atoms with van der Waals surface area (Å²) in [6, 6.07) is 12.3. The van der Waals surface area contributed by atoms with Crippen molar-refractivity contribution < 1.29 is 14.3 Å². The first-order chi connectivity index (χ1) is 11.6. The van der Waals surface area contributed by atoms with Gasteiger partial charge in [0.15, 0.2) is 6.61 Å². The zero-order valence-corrected chi connectivity index (χ0v) is 14.5. The van der Waals surface area contributed by atoms with Gasteiger partial charge in [-0.3, -0.25) is 4.79 Å². The Morgan fingerprint density at radius 1 is 1.12 bits per heavy atom. The lowest BCUT2D eigenvalue weighted by Crippen LogP contribution is -2.24. The van der Waals surface area contributed by atoms with Gasteiger partial charge in [-0.15, -0.1) is 0 Å². The molecule has 0 aliphatic rings. The van der Waals surface area contributed by atoms with Crippen molar-refractivity contribution in [1.82, 2.24) is 5.43 Å². The minimum Gasteiger partial charge on any atom is -0.493 e. The summed E-state index contributed by atoms with van der Waals surface area (Å²) in [6.45, 7) is 2.21. The molecule has 0 saturated heterocycles. The van der Waals surface area contributed by atoms with E-state index in [1.54, 1.807) is 18.2 Å². The van der Waals surface area contributed by atoms with Crippen molar-refractivity contribution in [3.05, 3.63) is 58.1 Å². The van der Waals surface area contributed by atoms with Crippen molar-refractivity contribution in [2.24, 2.45) is 5.10 Å². The number of para-hydroxylation sites is 1. The van der Waals surface area contributed by atoms with Crippen LogP contribution in [0.1, 0.15) is 12.5 Å². The van der Waals surface area contributed by atoms with Crippen LogP contribution in [0.4, 0.5) is 0 Å². The quantitative estimate of drug-likeness (QED) is 0.596. The van der Waals surface area contributed by atoms with Gasteiger partial charge in [-0.05, 0) is 31.2 Å². The number of ether oxygens (including phenoxy) is 2. The number of hydrogen-bond acceptors (Lipinski definition) is 4. The average Bonchev–Trinajstić information content (AvgIpc) is 2.58. The number of carbonyl (C=O) groups is 1. The van der Waals surface area contributed by atoms with Crippen LogP contribution in [0, 0.1) is 0 Å². The zero-order chi connectivity index (χ0) is 17.4. The Bertz CT molecular complexity index is 736. The van der Waals surface area contributed by atoms with Gasteiger partial charge in [0, 0.05) is 5.56 Å². The monoisotopic (exact) mass is 366 g/mol. The fraction of sp³-hybridized carbons (Fsp3) is 0.176. The highest BCUT2D eigenvalue weighted by Crippen LogP contribution is 2.31. The van der Waals surface area contributed by atoms with E-state index < -0.39 is 5.91 Å². The molecular formula is C17H16Cl2N2O3. The minimum absolute atomic E-state index is 0.232. The third kappa shape index (κ3) is 5.15. The van der Waals surface area contributed by atoms with Gasteiger partial charge in [0.25, 0.3) is 5.91 Å². The van der Waals surface area contributed by atoms with E-state index in [0.29, 0.717) is 23.1 Å². The van der Waals surface area contributed by atoms with Crippen LogP contribution in [0.15, 0.2) is 47.6 Å². The summed E-state index contributed by atoms with van der Waals surface area (Å²) in [4.78, 5) is 11.8. The summed E-state index contributed by atoms with van der Waals surface area (Å²) in [5, 5.41) is 4.52. The van der Waals surface area contributed by atoms with Crippen molar-refractivity contribution in [2.45, 2.75) is 6.92 Å². The van der Waals surface area contributed by atoms with Crippen LogP contribution in [0.25, 0.3) is 0 Å². The summed E-state index contributed by atoms with van der Waals surface area (Å²) in [6.07, 6.45) is 1.51. The normalized spacial score (nSPS) is 10.6. The number of nitrogens with one attached hydrogen (secondary N) is 1. The number of halogens is 2. The van der Waals surface area contributed by atoms with Crippen LogP contribution in [-0.2, 0) is 4.79 Å². The van der Waals surface area contributed by atoms with Gasteiger partial charge in [0.1, 0.15) is 16.5 Å². The maximum absolute atomic E-state index is 11.8. The van der Waals surface area contributed by atoms with Crippen LogP contribution in [0.5, 0.6) is 11.5 Å². The maximum atomic E-state index is 11.8. The number of benzene rings is 2. The summed E-state index contributed by atoms with van der Waals surface area (Å²) in [5.41, 5.74) is 3.14. The molecule has 0 saturated carbocycles. The number of hydrazone groups is 1. The molecule has 7 heteroatoms. The molecular weight excluding hydrogens is 351 g/mol. The molecule has 0 aliphatic heterocycles. The largest absolute Gasteiger partial charge is 0.493 e. The summed E-state index contributed by atoms with van der Waals surface area (Å²) < 4.78 is 10.8. The van der Waals surface area contributed by atoms with Crippen molar-refractivity contribution in [3.63, 3.8) is 0 Å². The first-order valence-electron chi connectivity index (χ1n) is 7.22. The molecule has 0 unspecified atom stereocenters. The van der Waals surface area contributed by atoms with E-state index in [4.69, 9.17) is 32.7 Å². The lowest BCUT2D eigenvalue weighted by atomic mass is 10.2. The SMILES string of the molecule is CCOc1ccccc1/C=N/NC(=O)COc1cccc(Cl)c1Cl. The van der Waals surface area contributed by atoms with Crippen molar-refractivity contribution >= 4 is 35.3 Å². The van der Waals surface area contributed by atoms with Gasteiger partial charge in [-0.2, -0.15) is 5.10 Å². The van der Waals surface area contributed by atoms with Gasteiger partial charge < -0.3 is 9.47 Å². The Labute approximate surface area is 150 Å². The molecule has 0 aromatic heterocycles. The van der Waals surface area contributed by atoms with Crippen LogP contribution in [0.3, 0.4) is 0 Å². The molecule has 126 valence electrons. The van der Waals surface area contributed by atoms with Crippen LogP contribution in [0.2, 0.25) is 10.0 Å². The zero-order valence-electron chi connectivity index (χ0n) is 13.0. The average molecular weight is 367 g/mol. The van der Waals surface area contributed by atoms with E-state index in [1.807, 2.05) is 31.2 Å². The van der Waals surface area contributed by atoms with Gasteiger partial charge in [0.2, 0.25) is 0 Å². The first kappa shape index (κ1) is 18.1. The van der Waals surface area contributed by atoms with Crippen molar-refractivity contribution in [2.75, 3.05) is 13.2 Å². The third-order valence-electron chi connectivity index (χ3n) is 2.89. The third-order valence-corrected chi connectivity index (χ3v) is 3.69. The Balaban J connectivity index is 1.88. The molecule has 2 aromatic carbocycles. The van der Waals surface area contributed by atoms with Crippen molar-refractivity contribution in [3.8, 4) is 11.5 Å². The van der Waals surface area contributed by atoms with E-state index in [1.165, 1.54) is 6.21 Å². The molecule has 0 heterocycles. The van der Waals surface area contributed by atoms with Crippen LogP contribution < -0.4 is 14.9 Å². The predicted molar refractivity (Wildman–Crippen MR) is 95.3 cm³/mol. The molecule has 0 bridgehead atoms. The van der Waals surface area contributed by atoms with E-state index in [9.17, 15) is 4.79 Å². The standard InChI is InChI=1S/C17H16Cl2N2O3/c1-2-23-14-8-4-3-6-12(14)10-20-21-16(22)11-24-15-9-5-7-13(18)17(15)19/h3-10H,2,11H2,1H3,(H,21,22)/b20-10+. The predicted octanol–water partition coefficient (Wildman–Crippen LogP) is 3.92. The lowest BCUT2D eigenvalue weighted by Gasteiger charge is -2.08. The number of hydrogen-bond donors (Lipinski definition) is 1. The number of nitrogens with zero attached hydrogens (tertiary/aromatic N) is 1. The number of carbonyl (C=O) groups excluding carboxylic acids is 1. The molecule has 5 nitrogen and oxygen atoms in total. The Hall–Kier alpha value is -2.24. The molecule has 1 amide bonds. The summed E-state index contributed by atoms with van der Waals surface area (Å²) >= 11 is 11.8. The number of rotatable bonds is 7. The highest BCUT2D eigenvalue weighted by Gasteiger charge is 2.07. The molecule has 0 spiro atoms. The lowest BCUT2D eigenvalue weighted by molar-refractivity contribution is -0.123. The molecule has 24 heavy (non-hydrogen) atoms. The fourth-order valence-electron chi connectivity index (χ4n) is 1.82. The maximum Gasteiger partial charge on any atom is 0.277 e. The molecule has 0 fully saturated rings. The highest BCUT2D eigenvalue weighted by atomic mass is 35.5. The van der Waals surface area contributed by atoms with Gasteiger partial charge in [-0.25, -0.2) is 5.43 Å². The molecule has 0 aliphatic carbocycles. The molecule has 2 aromatic rings. The summed E-state index contributed by atoms with van der Waals surface area (Å²) in [7, 11) is 0. The van der Waals surface area contributed by atoms with E-state index in [-0.39, 0.29) is 11.6 Å². The summed E-state index contributed by atoms with van der Waals surface area (Å²) in [5.74, 6) is 0.612. The second-order valence-electron chi connectivity index (χ2n) is 4.60. The van der Waals surface area contributed by atoms with E-state index in [2.05, 4.69) is 10.5 Å². The highest BCUT2D eigenvalue weighted by molar-refractivity contribution is 6.42. The Morgan fingerprint density at radius 3 is 2.67 bits per heavy atom. The number of amides is 1. The van der Waals surface area contributed by atoms with E-state index in [0.717, 1.165) is 5.56 Å². The Kier molecular flexibility index (Phi) is 6.90. The first-order valence-corrected chi connectivity index (χ1v) is 7.98. The molecule has 2 rings (SSSR count). The topological polar surface area (TPSA) is 59.9 Å². The van der Waals surface area contributed by atoms with Crippen LogP contribution in [-0.4, -0.2) is 25.3 Å². The second kappa shape index (κ2) is 9.15.